The molecule has 1 saturated heterocycles. The third-order valence-electron chi connectivity index (χ3n) is 3.00. The van der Waals surface area contributed by atoms with Crippen molar-refractivity contribution in [2.75, 3.05) is 13.2 Å². The third-order valence-corrected chi connectivity index (χ3v) is 3.00. The molecule has 0 aliphatic carbocycles. The first-order chi connectivity index (χ1) is 9.22. The second-order valence-electron chi connectivity index (χ2n) is 4.64. The van der Waals surface area contributed by atoms with E-state index < -0.39 is 5.95 Å². The minimum atomic E-state index is -0.482. The minimum Gasteiger partial charge on any atom is -0.490 e. The van der Waals surface area contributed by atoms with E-state index in [1.807, 2.05) is 25.1 Å². The van der Waals surface area contributed by atoms with Gasteiger partial charge in [0.05, 0.1) is 6.61 Å². The van der Waals surface area contributed by atoms with Gasteiger partial charge in [0.1, 0.15) is 18.5 Å². The van der Waals surface area contributed by atoms with Gasteiger partial charge in [0.25, 0.3) is 0 Å². The van der Waals surface area contributed by atoms with Crippen molar-refractivity contribution in [2.24, 2.45) is 0 Å². The lowest BCUT2D eigenvalue weighted by Crippen LogP contribution is -2.05. The highest BCUT2D eigenvalue weighted by Gasteiger charge is 2.23. The maximum absolute atomic E-state index is 12.9. The fourth-order valence-electron chi connectivity index (χ4n) is 1.87. The van der Waals surface area contributed by atoms with E-state index in [0.29, 0.717) is 6.61 Å². The zero-order chi connectivity index (χ0) is 13.2. The molecule has 1 aliphatic heterocycles. The van der Waals surface area contributed by atoms with Crippen molar-refractivity contribution in [2.45, 2.75) is 13.0 Å². The molecule has 0 amide bonds. The van der Waals surface area contributed by atoms with E-state index in [-0.39, 0.29) is 6.10 Å². The second-order valence-corrected chi connectivity index (χ2v) is 4.64. The van der Waals surface area contributed by atoms with Crippen LogP contribution in [-0.2, 0) is 4.74 Å². The van der Waals surface area contributed by atoms with E-state index in [9.17, 15) is 4.39 Å². The van der Waals surface area contributed by atoms with Crippen molar-refractivity contribution >= 4 is 0 Å². The van der Waals surface area contributed by atoms with Crippen LogP contribution in [0.3, 0.4) is 0 Å². The number of halogens is 1. The quantitative estimate of drug-likeness (QED) is 0.625. The standard InChI is InChI=1S/C15H14FNO2/c1-10-2-4-13(11-3-5-15(16)17-7-11)14(6-10)19-9-12-8-18-12/h2-7,12H,8-9H2,1H3/t12-/m0/s1. The van der Waals surface area contributed by atoms with Crippen LogP contribution in [0.15, 0.2) is 36.5 Å². The molecule has 98 valence electrons. The molecule has 0 spiro atoms. The number of hydrogen-bond acceptors (Lipinski definition) is 3. The molecule has 1 atom stereocenters. The normalized spacial score (nSPS) is 17.3. The lowest BCUT2D eigenvalue weighted by atomic mass is 10.0. The SMILES string of the molecule is Cc1ccc(-c2ccc(F)nc2)c(OC[C@@H]2CO2)c1. The van der Waals surface area contributed by atoms with Crippen LogP contribution in [-0.4, -0.2) is 24.3 Å². The molecular formula is C15H14FNO2. The summed E-state index contributed by atoms with van der Waals surface area (Å²) in [6, 6.07) is 8.99. The zero-order valence-electron chi connectivity index (χ0n) is 10.6. The Morgan fingerprint density at radius 2 is 2.21 bits per heavy atom. The Labute approximate surface area is 111 Å². The first kappa shape index (κ1) is 12.1. The van der Waals surface area contributed by atoms with Crippen molar-refractivity contribution < 1.29 is 13.9 Å². The summed E-state index contributed by atoms with van der Waals surface area (Å²) in [6.07, 6.45) is 1.72. The molecule has 1 aromatic carbocycles. The molecule has 19 heavy (non-hydrogen) atoms. The van der Waals surface area contributed by atoms with Crippen molar-refractivity contribution in [3.63, 3.8) is 0 Å². The largest absolute Gasteiger partial charge is 0.490 e. The van der Waals surface area contributed by atoms with Crippen LogP contribution in [0, 0.1) is 12.9 Å². The molecule has 0 radical (unpaired) electrons. The molecular weight excluding hydrogens is 245 g/mol. The highest BCUT2D eigenvalue weighted by Crippen LogP contribution is 2.31. The molecule has 3 rings (SSSR count). The highest BCUT2D eigenvalue weighted by molar-refractivity contribution is 5.70. The number of nitrogens with zero attached hydrogens (tertiary/aromatic N) is 1. The van der Waals surface area contributed by atoms with Gasteiger partial charge >= 0.3 is 0 Å². The summed E-state index contributed by atoms with van der Waals surface area (Å²) in [5.41, 5.74) is 2.87. The van der Waals surface area contributed by atoms with Crippen LogP contribution in [0.2, 0.25) is 0 Å². The average molecular weight is 259 g/mol. The van der Waals surface area contributed by atoms with Crippen molar-refractivity contribution in [3.05, 3.63) is 48.0 Å². The molecule has 4 heteroatoms. The number of epoxide rings is 1. The Bertz CT molecular complexity index is 579. The Morgan fingerprint density at radius 3 is 2.89 bits per heavy atom. The Morgan fingerprint density at radius 1 is 1.37 bits per heavy atom. The van der Waals surface area contributed by atoms with Gasteiger partial charge < -0.3 is 9.47 Å². The van der Waals surface area contributed by atoms with E-state index in [0.717, 1.165) is 29.0 Å². The first-order valence-corrected chi connectivity index (χ1v) is 6.19. The monoisotopic (exact) mass is 259 g/mol. The summed E-state index contributed by atoms with van der Waals surface area (Å²) >= 11 is 0. The molecule has 0 N–H and O–H groups in total. The summed E-state index contributed by atoms with van der Waals surface area (Å²) in [5.74, 6) is 0.300. The Balaban J connectivity index is 1.91. The summed E-state index contributed by atoms with van der Waals surface area (Å²) in [7, 11) is 0. The van der Waals surface area contributed by atoms with Crippen LogP contribution < -0.4 is 4.74 Å². The predicted octanol–water partition coefficient (Wildman–Crippen LogP) is 2.97. The number of benzene rings is 1. The average Bonchev–Trinajstić information content (AvgIpc) is 3.22. The molecule has 2 aromatic rings. The molecule has 0 bridgehead atoms. The number of hydrogen-bond donors (Lipinski definition) is 0. The second kappa shape index (κ2) is 4.97. The van der Waals surface area contributed by atoms with E-state index in [1.54, 1.807) is 6.07 Å². The van der Waals surface area contributed by atoms with E-state index >= 15 is 0 Å². The molecule has 0 saturated carbocycles. The van der Waals surface area contributed by atoms with E-state index in [2.05, 4.69) is 4.98 Å². The van der Waals surface area contributed by atoms with Crippen LogP contribution in [0.4, 0.5) is 4.39 Å². The van der Waals surface area contributed by atoms with Crippen LogP contribution in [0.5, 0.6) is 5.75 Å². The summed E-state index contributed by atoms with van der Waals surface area (Å²) in [6.45, 7) is 3.32. The van der Waals surface area contributed by atoms with Gasteiger partial charge in [-0.05, 0) is 30.7 Å². The van der Waals surface area contributed by atoms with Crippen molar-refractivity contribution in [1.82, 2.24) is 4.98 Å². The Hall–Kier alpha value is -1.94. The number of aromatic nitrogens is 1. The summed E-state index contributed by atoms with van der Waals surface area (Å²) in [4.78, 5) is 3.68. The van der Waals surface area contributed by atoms with Crippen molar-refractivity contribution in [1.29, 1.82) is 0 Å². The molecule has 1 fully saturated rings. The fourth-order valence-corrected chi connectivity index (χ4v) is 1.87. The molecule has 2 heterocycles. The topological polar surface area (TPSA) is 34.6 Å². The summed E-state index contributed by atoms with van der Waals surface area (Å²) < 4.78 is 23.8. The number of pyridine rings is 1. The minimum absolute atomic E-state index is 0.208. The molecule has 0 unspecified atom stereocenters. The zero-order valence-corrected chi connectivity index (χ0v) is 10.6. The summed E-state index contributed by atoms with van der Waals surface area (Å²) in [5, 5.41) is 0. The first-order valence-electron chi connectivity index (χ1n) is 6.19. The predicted molar refractivity (Wildman–Crippen MR) is 69.6 cm³/mol. The smallest absolute Gasteiger partial charge is 0.212 e. The van der Waals surface area contributed by atoms with Crippen LogP contribution in [0.1, 0.15) is 5.56 Å². The van der Waals surface area contributed by atoms with Gasteiger partial charge in [0, 0.05) is 17.3 Å². The van der Waals surface area contributed by atoms with Gasteiger partial charge in [-0.25, -0.2) is 4.98 Å². The number of aryl methyl sites for hydroxylation is 1. The highest BCUT2D eigenvalue weighted by atomic mass is 19.1. The Kier molecular flexibility index (Phi) is 3.17. The molecule has 1 aliphatic rings. The molecule has 3 nitrogen and oxygen atoms in total. The maximum Gasteiger partial charge on any atom is 0.212 e. The van der Waals surface area contributed by atoms with Gasteiger partial charge in [-0.1, -0.05) is 12.1 Å². The van der Waals surface area contributed by atoms with E-state index in [1.165, 1.54) is 12.3 Å². The number of ether oxygens (including phenoxy) is 2. The maximum atomic E-state index is 12.9. The van der Waals surface area contributed by atoms with Gasteiger partial charge in [-0.15, -0.1) is 0 Å². The van der Waals surface area contributed by atoms with Crippen molar-refractivity contribution in [3.8, 4) is 16.9 Å². The molecule has 1 aromatic heterocycles. The van der Waals surface area contributed by atoms with Gasteiger partial charge in [-0.2, -0.15) is 4.39 Å². The third kappa shape index (κ3) is 2.90. The lowest BCUT2D eigenvalue weighted by molar-refractivity contribution is 0.264. The van der Waals surface area contributed by atoms with Gasteiger partial charge in [-0.3, -0.25) is 0 Å². The van der Waals surface area contributed by atoms with E-state index in [4.69, 9.17) is 9.47 Å². The lowest BCUT2D eigenvalue weighted by Gasteiger charge is -2.11. The fraction of sp³-hybridized carbons (Fsp3) is 0.267. The van der Waals surface area contributed by atoms with Crippen LogP contribution >= 0.6 is 0 Å². The van der Waals surface area contributed by atoms with Crippen LogP contribution in [0.25, 0.3) is 11.1 Å². The van der Waals surface area contributed by atoms with Gasteiger partial charge in [0.15, 0.2) is 0 Å². The number of rotatable bonds is 4. The van der Waals surface area contributed by atoms with Gasteiger partial charge in [0.2, 0.25) is 5.95 Å².